The number of carbonyl (C=O) groups excluding carboxylic acids is 2. The second kappa shape index (κ2) is 8.59. The van der Waals surface area contributed by atoms with Crippen molar-refractivity contribution in [2.75, 3.05) is 7.05 Å². The Labute approximate surface area is 158 Å². The summed E-state index contributed by atoms with van der Waals surface area (Å²) in [5.41, 5.74) is 1.45. The predicted molar refractivity (Wildman–Crippen MR) is 99.6 cm³/mol. The Bertz CT molecular complexity index is 726. The lowest BCUT2D eigenvalue weighted by Gasteiger charge is -2.23. The number of allylic oxidation sites excluding steroid dienone is 3. The van der Waals surface area contributed by atoms with Gasteiger partial charge in [0.05, 0.1) is 5.57 Å². The molecule has 2 aliphatic carbocycles. The number of halogens is 2. The number of hydrogen-bond acceptors (Lipinski definition) is 4. The SMILES string of the molecule is CN=C(C)C=C(C(=O)NC(C)C1=CC(OC(C)(F)F)=CCC1)C(=O)C1CC1. The summed E-state index contributed by atoms with van der Waals surface area (Å²) in [7, 11) is 1.59. The molecule has 0 radical (unpaired) electrons. The lowest BCUT2D eigenvalue weighted by atomic mass is 9.97. The van der Waals surface area contributed by atoms with Gasteiger partial charge < -0.3 is 10.1 Å². The summed E-state index contributed by atoms with van der Waals surface area (Å²) in [4.78, 5) is 29.1. The van der Waals surface area contributed by atoms with Crippen molar-refractivity contribution < 1.29 is 23.1 Å². The van der Waals surface area contributed by atoms with Crippen LogP contribution in [0.15, 0.2) is 40.1 Å². The van der Waals surface area contributed by atoms with Crippen LogP contribution in [0.3, 0.4) is 0 Å². The fraction of sp³-hybridized carbons (Fsp3) is 0.550. The molecule has 1 amide bonds. The molecule has 1 unspecified atom stereocenters. The van der Waals surface area contributed by atoms with E-state index in [0.717, 1.165) is 18.4 Å². The fourth-order valence-corrected chi connectivity index (χ4v) is 2.77. The number of amides is 1. The smallest absolute Gasteiger partial charge is 0.394 e. The zero-order valence-electron chi connectivity index (χ0n) is 16.1. The van der Waals surface area contributed by atoms with E-state index < -0.39 is 18.1 Å². The minimum Gasteiger partial charge on any atom is -0.433 e. The van der Waals surface area contributed by atoms with Crippen LogP contribution in [0.5, 0.6) is 0 Å². The topological polar surface area (TPSA) is 67.8 Å². The van der Waals surface area contributed by atoms with Crippen LogP contribution in [-0.4, -0.2) is 36.6 Å². The summed E-state index contributed by atoms with van der Waals surface area (Å²) in [5.74, 6) is -0.648. The molecule has 0 aromatic carbocycles. The molecule has 2 aliphatic rings. The van der Waals surface area contributed by atoms with Crippen molar-refractivity contribution in [1.29, 1.82) is 0 Å². The Morgan fingerprint density at radius 2 is 2.07 bits per heavy atom. The largest absolute Gasteiger partial charge is 0.433 e. The van der Waals surface area contributed by atoms with Crippen LogP contribution in [-0.2, 0) is 14.3 Å². The van der Waals surface area contributed by atoms with Crippen molar-refractivity contribution >= 4 is 17.4 Å². The molecule has 27 heavy (non-hydrogen) atoms. The molecule has 148 valence electrons. The van der Waals surface area contributed by atoms with Gasteiger partial charge in [0, 0.05) is 31.6 Å². The number of Topliss-reactive ketones (excluding diaryl/α,β-unsaturated/α-hetero) is 1. The van der Waals surface area contributed by atoms with Crippen LogP contribution in [0, 0.1) is 5.92 Å². The molecule has 5 nitrogen and oxygen atoms in total. The van der Waals surface area contributed by atoms with Gasteiger partial charge in [0.2, 0.25) is 0 Å². The first kappa shape index (κ1) is 21.0. The number of hydrogen-bond donors (Lipinski definition) is 1. The maximum Gasteiger partial charge on any atom is 0.394 e. The van der Waals surface area contributed by atoms with Gasteiger partial charge in [-0.25, -0.2) is 0 Å². The Hall–Kier alpha value is -2.31. The molecule has 0 saturated heterocycles. The number of ether oxygens (including phenoxy) is 1. The average Bonchev–Trinajstić information content (AvgIpc) is 3.42. The molecule has 0 aliphatic heterocycles. The number of carbonyl (C=O) groups is 2. The van der Waals surface area contributed by atoms with Gasteiger partial charge in [-0.1, -0.05) is 0 Å². The molecule has 2 rings (SSSR count). The number of aliphatic imine (C=N–C) groups is 1. The van der Waals surface area contributed by atoms with Gasteiger partial charge in [-0.3, -0.25) is 14.6 Å². The van der Waals surface area contributed by atoms with E-state index in [9.17, 15) is 18.4 Å². The number of ketones is 1. The van der Waals surface area contributed by atoms with E-state index in [1.165, 1.54) is 12.2 Å². The minimum atomic E-state index is -3.26. The Kier molecular flexibility index (Phi) is 6.68. The zero-order valence-corrected chi connectivity index (χ0v) is 16.1. The normalized spacial score (nSPS) is 19.8. The van der Waals surface area contributed by atoms with Crippen molar-refractivity contribution in [3.8, 4) is 0 Å². The third kappa shape index (κ3) is 6.41. The zero-order chi connectivity index (χ0) is 20.2. The Balaban J connectivity index is 2.11. The van der Waals surface area contributed by atoms with Gasteiger partial charge in [-0.15, -0.1) is 0 Å². The number of nitrogens with zero attached hydrogens (tertiary/aromatic N) is 1. The van der Waals surface area contributed by atoms with Gasteiger partial charge in [-0.2, -0.15) is 8.78 Å². The summed E-state index contributed by atoms with van der Waals surface area (Å²) in [6, 6.07) is -0.412. The van der Waals surface area contributed by atoms with E-state index in [4.69, 9.17) is 0 Å². The molecule has 0 spiro atoms. The van der Waals surface area contributed by atoms with E-state index in [0.29, 0.717) is 25.5 Å². The highest BCUT2D eigenvalue weighted by atomic mass is 19.3. The Morgan fingerprint density at radius 1 is 1.41 bits per heavy atom. The quantitative estimate of drug-likeness (QED) is 0.302. The van der Waals surface area contributed by atoms with Crippen molar-refractivity contribution in [2.24, 2.45) is 10.9 Å². The molecular weight excluding hydrogens is 354 g/mol. The molecule has 0 heterocycles. The number of rotatable bonds is 8. The molecule has 7 heteroatoms. The van der Waals surface area contributed by atoms with Crippen LogP contribution in [0.1, 0.15) is 46.5 Å². The van der Waals surface area contributed by atoms with Crippen LogP contribution in [0.2, 0.25) is 0 Å². The maximum atomic E-state index is 13.1. The van der Waals surface area contributed by atoms with Gasteiger partial charge in [0.25, 0.3) is 5.91 Å². The van der Waals surface area contributed by atoms with E-state index >= 15 is 0 Å². The first-order valence-corrected chi connectivity index (χ1v) is 9.08. The third-order valence-corrected chi connectivity index (χ3v) is 4.47. The highest BCUT2D eigenvalue weighted by molar-refractivity contribution is 6.23. The number of alkyl halides is 2. The maximum absolute atomic E-state index is 13.1. The van der Waals surface area contributed by atoms with Gasteiger partial charge >= 0.3 is 6.11 Å². The molecular formula is C20H26F2N2O3. The summed E-state index contributed by atoms with van der Waals surface area (Å²) >= 11 is 0. The molecule has 1 atom stereocenters. The molecule has 1 fully saturated rings. The van der Waals surface area contributed by atoms with Crippen molar-refractivity contribution in [3.05, 3.63) is 35.1 Å². The molecule has 1 N–H and O–H groups in total. The summed E-state index contributed by atoms with van der Waals surface area (Å²) < 4.78 is 30.7. The average molecular weight is 380 g/mol. The summed E-state index contributed by atoms with van der Waals surface area (Å²) in [6.07, 6.45) is 4.11. The first-order valence-electron chi connectivity index (χ1n) is 9.08. The molecule has 1 saturated carbocycles. The van der Waals surface area contributed by atoms with Crippen LogP contribution in [0.4, 0.5) is 8.78 Å². The molecule has 0 aromatic rings. The van der Waals surface area contributed by atoms with E-state index in [-0.39, 0.29) is 23.0 Å². The summed E-state index contributed by atoms with van der Waals surface area (Å²) in [5, 5.41) is 2.80. The van der Waals surface area contributed by atoms with Crippen LogP contribution in [0.25, 0.3) is 0 Å². The van der Waals surface area contributed by atoms with E-state index in [1.807, 2.05) is 0 Å². The molecule has 0 aromatic heterocycles. The van der Waals surface area contributed by atoms with E-state index in [2.05, 4.69) is 15.0 Å². The van der Waals surface area contributed by atoms with Gasteiger partial charge in [0.1, 0.15) is 5.76 Å². The highest BCUT2D eigenvalue weighted by Gasteiger charge is 2.35. The standard InChI is InChI=1S/C20H26F2N2O3/c1-12(23-4)10-17(18(25)14-8-9-14)19(26)24-13(2)15-6-5-7-16(11-15)27-20(3,21)22/h7,10-11,13-14H,5-6,8-9H2,1-4H3,(H,24,26). The van der Waals surface area contributed by atoms with Crippen LogP contribution < -0.4 is 5.32 Å². The predicted octanol–water partition coefficient (Wildman–Crippen LogP) is 3.72. The van der Waals surface area contributed by atoms with Crippen molar-refractivity contribution in [1.82, 2.24) is 5.32 Å². The molecule has 0 bridgehead atoms. The lowest BCUT2D eigenvalue weighted by molar-refractivity contribution is -0.195. The van der Waals surface area contributed by atoms with Gasteiger partial charge in [-0.05, 0) is 63.3 Å². The second-order valence-electron chi connectivity index (χ2n) is 7.03. The van der Waals surface area contributed by atoms with Gasteiger partial charge in [0.15, 0.2) is 5.78 Å². The minimum absolute atomic E-state index is 0.0867. The number of nitrogens with one attached hydrogen (secondary N) is 1. The second-order valence-corrected chi connectivity index (χ2v) is 7.03. The highest BCUT2D eigenvalue weighted by Crippen LogP contribution is 2.32. The van der Waals surface area contributed by atoms with E-state index in [1.54, 1.807) is 27.0 Å². The monoisotopic (exact) mass is 380 g/mol. The fourth-order valence-electron chi connectivity index (χ4n) is 2.77. The van der Waals surface area contributed by atoms with Crippen molar-refractivity contribution in [2.45, 2.75) is 58.6 Å². The van der Waals surface area contributed by atoms with Crippen molar-refractivity contribution in [3.63, 3.8) is 0 Å². The first-order chi connectivity index (χ1) is 12.6. The third-order valence-electron chi connectivity index (χ3n) is 4.47. The van der Waals surface area contributed by atoms with Crippen LogP contribution >= 0.6 is 0 Å². The Morgan fingerprint density at radius 3 is 2.63 bits per heavy atom. The lowest BCUT2D eigenvalue weighted by Crippen LogP contribution is -2.37. The summed E-state index contributed by atoms with van der Waals surface area (Å²) in [6.45, 7) is 4.16.